The monoisotopic (exact) mass is 214 g/mol. The van der Waals surface area contributed by atoms with E-state index in [4.69, 9.17) is 9.47 Å². The van der Waals surface area contributed by atoms with Crippen LogP contribution < -0.4 is 0 Å². The van der Waals surface area contributed by atoms with Crippen molar-refractivity contribution in [3.05, 3.63) is 0 Å². The van der Waals surface area contributed by atoms with Gasteiger partial charge in [0, 0.05) is 32.6 Å². The highest BCUT2D eigenvalue weighted by molar-refractivity contribution is 4.77. The standard InChI is InChI=1S/C11H22N2O2/c1-12-3-5-14-10(8-12)7-11-9-13(2)4-6-15-11/h10-11H,3-9H2,1-2H3. The molecule has 2 rings (SSSR count). The molecule has 2 saturated heterocycles. The van der Waals surface area contributed by atoms with Gasteiger partial charge in [0.2, 0.25) is 0 Å². The average molecular weight is 214 g/mol. The van der Waals surface area contributed by atoms with Crippen LogP contribution in [-0.2, 0) is 9.47 Å². The van der Waals surface area contributed by atoms with Crippen molar-refractivity contribution < 1.29 is 9.47 Å². The van der Waals surface area contributed by atoms with Crippen LogP contribution in [0.2, 0.25) is 0 Å². The molecule has 4 nitrogen and oxygen atoms in total. The molecule has 0 N–H and O–H groups in total. The summed E-state index contributed by atoms with van der Waals surface area (Å²) in [4.78, 5) is 4.67. The van der Waals surface area contributed by atoms with E-state index in [1.807, 2.05) is 0 Å². The fraction of sp³-hybridized carbons (Fsp3) is 1.00. The van der Waals surface area contributed by atoms with Crippen molar-refractivity contribution in [1.82, 2.24) is 9.80 Å². The second-order valence-electron chi connectivity index (χ2n) is 4.75. The summed E-state index contributed by atoms with van der Waals surface area (Å²) in [6.07, 6.45) is 1.76. The summed E-state index contributed by atoms with van der Waals surface area (Å²) in [6.45, 7) is 5.93. The predicted molar refractivity (Wildman–Crippen MR) is 59.1 cm³/mol. The van der Waals surface area contributed by atoms with E-state index in [1.54, 1.807) is 0 Å². The molecule has 0 aromatic carbocycles. The lowest BCUT2D eigenvalue weighted by molar-refractivity contribution is -0.0789. The minimum absolute atomic E-state index is 0.361. The van der Waals surface area contributed by atoms with Crippen molar-refractivity contribution >= 4 is 0 Å². The molecule has 0 radical (unpaired) electrons. The average Bonchev–Trinajstić information content (AvgIpc) is 2.17. The van der Waals surface area contributed by atoms with E-state index in [0.717, 1.165) is 45.8 Å². The fourth-order valence-electron chi connectivity index (χ4n) is 2.31. The Morgan fingerprint density at radius 1 is 0.933 bits per heavy atom. The van der Waals surface area contributed by atoms with Gasteiger partial charge in [0.15, 0.2) is 0 Å². The van der Waals surface area contributed by atoms with Gasteiger partial charge in [0.25, 0.3) is 0 Å². The molecule has 2 unspecified atom stereocenters. The smallest absolute Gasteiger partial charge is 0.0727 e. The molecule has 0 aromatic heterocycles. The molecule has 2 aliphatic rings. The molecule has 2 aliphatic heterocycles. The zero-order chi connectivity index (χ0) is 10.7. The minimum Gasteiger partial charge on any atom is -0.375 e. The largest absolute Gasteiger partial charge is 0.375 e. The van der Waals surface area contributed by atoms with Crippen molar-refractivity contribution in [2.24, 2.45) is 0 Å². The van der Waals surface area contributed by atoms with Crippen molar-refractivity contribution in [1.29, 1.82) is 0 Å². The fourth-order valence-corrected chi connectivity index (χ4v) is 2.31. The SMILES string of the molecule is CN1CCOC(CC2CN(C)CCO2)C1. The number of likely N-dealkylation sites (N-methyl/N-ethyl adjacent to an activating group) is 2. The normalized spacial score (nSPS) is 35.6. The van der Waals surface area contributed by atoms with Crippen LogP contribution in [0.25, 0.3) is 0 Å². The molecule has 0 bridgehead atoms. The van der Waals surface area contributed by atoms with Crippen molar-refractivity contribution in [2.45, 2.75) is 18.6 Å². The van der Waals surface area contributed by atoms with E-state index in [-0.39, 0.29) is 0 Å². The summed E-state index contributed by atoms with van der Waals surface area (Å²) < 4.78 is 11.5. The molecule has 0 aliphatic carbocycles. The Labute approximate surface area is 92.1 Å². The molecular weight excluding hydrogens is 192 g/mol. The first-order chi connectivity index (χ1) is 7.24. The van der Waals surface area contributed by atoms with Gasteiger partial charge < -0.3 is 19.3 Å². The molecule has 4 heteroatoms. The minimum atomic E-state index is 0.361. The number of morpholine rings is 2. The Kier molecular flexibility index (Phi) is 3.97. The highest BCUT2D eigenvalue weighted by atomic mass is 16.5. The van der Waals surface area contributed by atoms with Gasteiger partial charge in [0.05, 0.1) is 25.4 Å². The highest BCUT2D eigenvalue weighted by Crippen LogP contribution is 2.14. The zero-order valence-electron chi connectivity index (χ0n) is 9.82. The van der Waals surface area contributed by atoms with E-state index in [9.17, 15) is 0 Å². The maximum Gasteiger partial charge on any atom is 0.0727 e. The van der Waals surface area contributed by atoms with Crippen LogP contribution >= 0.6 is 0 Å². The Morgan fingerprint density at radius 3 is 1.80 bits per heavy atom. The van der Waals surface area contributed by atoms with Crippen LogP contribution in [0.4, 0.5) is 0 Å². The van der Waals surface area contributed by atoms with Gasteiger partial charge >= 0.3 is 0 Å². The number of hydrogen-bond acceptors (Lipinski definition) is 4. The van der Waals surface area contributed by atoms with Crippen LogP contribution in [0.15, 0.2) is 0 Å². The Balaban J connectivity index is 1.75. The van der Waals surface area contributed by atoms with E-state index >= 15 is 0 Å². The van der Waals surface area contributed by atoms with Gasteiger partial charge in [-0.25, -0.2) is 0 Å². The summed E-state index contributed by atoms with van der Waals surface area (Å²) in [5.74, 6) is 0. The second kappa shape index (κ2) is 5.25. The zero-order valence-corrected chi connectivity index (χ0v) is 9.82. The summed E-state index contributed by atoms with van der Waals surface area (Å²) >= 11 is 0. The van der Waals surface area contributed by atoms with E-state index < -0.39 is 0 Å². The Hall–Kier alpha value is -0.160. The van der Waals surface area contributed by atoms with Crippen LogP contribution in [0, 0.1) is 0 Å². The molecule has 2 atom stereocenters. The topological polar surface area (TPSA) is 24.9 Å². The molecular formula is C11H22N2O2. The van der Waals surface area contributed by atoms with Crippen LogP contribution in [0.5, 0.6) is 0 Å². The van der Waals surface area contributed by atoms with E-state index in [0.29, 0.717) is 12.2 Å². The second-order valence-corrected chi connectivity index (χ2v) is 4.75. The van der Waals surface area contributed by atoms with Crippen LogP contribution in [0.3, 0.4) is 0 Å². The summed E-state index contributed by atoms with van der Waals surface area (Å²) in [5.41, 5.74) is 0. The molecule has 0 aromatic rings. The highest BCUT2D eigenvalue weighted by Gasteiger charge is 2.25. The van der Waals surface area contributed by atoms with E-state index in [2.05, 4.69) is 23.9 Å². The van der Waals surface area contributed by atoms with Gasteiger partial charge in [-0.3, -0.25) is 0 Å². The molecule has 15 heavy (non-hydrogen) atoms. The third-order valence-corrected chi connectivity index (χ3v) is 3.21. The third-order valence-electron chi connectivity index (χ3n) is 3.21. The quantitative estimate of drug-likeness (QED) is 0.648. The van der Waals surface area contributed by atoms with Gasteiger partial charge in [-0.05, 0) is 14.1 Å². The van der Waals surface area contributed by atoms with Gasteiger partial charge in [-0.1, -0.05) is 0 Å². The lowest BCUT2D eigenvalue weighted by atomic mass is 10.1. The van der Waals surface area contributed by atoms with E-state index in [1.165, 1.54) is 0 Å². The Bertz CT molecular complexity index is 181. The number of hydrogen-bond donors (Lipinski definition) is 0. The van der Waals surface area contributed by atoms with Crippen molar-refractivity contribution in [3.8, 4) is 0 Å². The third kappa shape index (κ3) is 3.41. The molecule has 2 heterocycles. The first-order valence-corrected chi connectivity index (χ1v) is 5.84. The molecule has 0 amide bonds. The van der Waals surface area contributed by atoms with Crippen LogP contribution in [0.1, 0.15) is 6.42 Å². The van der Waals surface area contributed by atoms with Gasteiger partial charge in [-0.2, -0.15) is 0 Å². The lowest BCUT2D eigenvalue weighted by Crippen LogP contribution is -2.46. The summed E-state index contributed by atoms with van der Waals surface area (Å²) in [5, 5.41) is 0. The van der Waals surface area contributed by atoms with Gasteiger partial charge in [0.1, 0.15) is 0 Å². The first kappa shape index (κ1) is 11.3. The number of ether oxygens (including phenoxy) is 2. The lowest BCUT2D eigenvalue weighted by Gasteiger charge is -2.35. The summed E-state index contributed by atoms with van der Waals surface area (Å²) in [7, 11) is 4.31. The Morgan fingerprint density at radius 2 is 1.40 bits per heavy atom. The number of rotatable bonds is 2. The molecule has 0 saturated carbocycles. The van der Waals surface area contributed by atoms with Gasteiger partial charge in [-0.15, -0.1) is 0 Å². The van der Waals surface area contributed by atoms with Crippen LogP contribution in [-0.4, -0.2) is 75.5 Å². The first-order valence-electron chi connectivity index (χ1n) is 5.84. The molecule has 0 spiro atoms. The van der Waals surface area contributed by atoms with Crippen molar-refractivity contribution in [3.63, 3.8) is 0 Å². The maximum atomic E-state index is 5.75. The van der Waals surface area contributed by atoms with Crippen molar-refractivity contribution in [2.75, 3.05) is 53.5 Å². The molecule has 2 fully saturated rings. The maximum absolute atomic E-state index is 5.75. The number of nitrogens with zero attached hydrogens (tertiary/aromatic N) is 2. The summed E-state index contributed by atoms with van der Waals surface area (Å²) in [6, 6.07) is 0. The predicted octanol–water partition coefficient (Wildman–Crippen LogP) is 0.0377. The molecule has 88 valence electrons.